The predicted molar refractivity (Wildman–Crippen MR) is 99.9 cm³/mol. The number of benzene rings is 1. The molecule has 3 N–H and O–H groups in total. The molecule has 0 aliphatic carbocycles. The van der Waals surface area contributed by atoms with Crippen molar-refractivity contribution in [1.29, 1.82) is 0 Å². The molecule has 130 valence electrons. The number of hydrogen-bond donors (Lipinski definition) is 3. The molecule has 4 rings (SSSR count). The van der Waals surface area contributed by atoms with Gasteiger partial charge in [0.2, 0.25) is 0 Å². The molecule has 26 heavy (non-hydrogen) atoms. The van der Waals surface area contributed by atoms with Crippen LogP contribution in [-0.4, -0.2) is 33.0 Å². The lowest BCUT2D eigenvalue weighted by molar-refractivity contribution is 0.300. The van der Waals surface area contributed by atoms with Gasteiger partial charge in [-0.1, -0.05) is 18.2 Å². The van der Waals surface area contributed by atoms with Gasteiger partial charge in [0.15, 0.2) is 11.6 Å². The summed E-state index contributed by atoms with van der Waals surface area (Å²) >= 11 is 0. The summed E-state index contributed by atoms with van der Waals surface area (Å²) in [6.07, 6.45) is 3.70. The zero-order valence-corrected chi connectivity index (χ0v) is 13.9. The van der Waals surface area contributed by atoms with Gasteiger partial charge in [0.25, 0.3) is 0 Å². The van der Waals surface area contributed by atoms with E-state index < -0.39 is 0 Å². The minimum absolute atomic E-state index is 0.00693. The fourth-order valence-corrected chi connectivity index (χ4v) is 2.86. The van der Waals surface area contributed by atoms with Crippen LogP contribution in [0.1, 0.15) is 11.1 Å². The molecule has 0 aliphatic rings. The molecule has 0 amide bonds. The molecule has 3 aromatic heterocycles. The number of rotatable bonds is 5. The van der Waals surface area contributed by atoms with E-state index in [9.17, 15) is 10.2 Å². The van der Waals surface area contributed by atoms with Crippen molar-refractivity contribution in [2.75, 3.05) is 6.61 Å². The number of nitrogens with zero attached hydrogens (tertiary/aromatic N) is 2. The lowest BCUT2D eigenvalue weighted by atomic mass is 10.1. The highest BCUT2D eigenvalue weighted by Gasteiger charge is 2.13. The Morgan fingerprint density at radius 2 is 2.00 bits per heavy atom. The second-order valence-corrected chi connectivity index (χ2v) is 5.82. The Kier molecular flexibility index (Phi) is 4.25. The van der Waals surface area contributed by atoms with Crippen molar-refractivity contribution in [1.82, 2.24) is 9.97 Å². The maximum atomic E-state index is 10.3. The number of aliphatic hydroxyl groups is 1. The van der Waals surface area contributed by atoms with Gasteiger partial charge in [-0.3, -0.25) is 4.99 Å². The molecule has 0 spiro atoms. The van der Waals surface area contributed by atoms with Gasteiger partial charge in [0.1, 0.15) is 11.2 Å². The van der Waals surface area contributed by atoms with E-state index in [4.69, 9.17) is 4.42 Å². The van der Waals surface area contributed by atoms with E-state index in [0.29, 0.717) is 34.5 Å². The van der Waals surface area contributed by atoms with Crippen LogP contribution in [0.15, 0.2) is 64.2 Å². The number of nitrogens with one attached hydrogen (secondary N) is 1. The molecule has 6 nitrogen and oxygen atoms in total. The van der Waals surface area contributed by atoms with E-state index in [1.807, 2.05) is 42.5 Å². The summed E-state index contributed by atoms with van der Waals surface area (Å²) in [4.78, 5) is 12.0. The number of fused-ring (bicyclic) bond motifs is 1. The first kappa shape index (κ1) is 16.1. The van der Waals surface area contributed by atoms with Crippen molar-refractivity contribution < 1.29 is 14.6 Å². The van der Waals surface area contributed by atoms with Crippen molar-refractivity contribution in [3.05, 3.63) is 65.9 Å². The summed E-state index contributed by atoms with van der Waals surface area (Å²) in [7, 11) is 0. The summed E-state index contributed by atoms with van der Waals surface area (Å²) < 4.78 is 5.39. The standard InChI is InChI=1S/C20H17N3O3/c24-10-9-13-4-1-2-5-15(13)21-12-14-19-17(23-20(14)25)8-7-16(22-19)18-6-3-11-26-18/h1-8,11-12,23-25H,9-10H2. The van der Waals surface area contributed by atoms with Crippen LogP contribution in [0.5, 0.6) is 5.88 Å². The first-order valence-corrected chi connectivity index (χ1v) is 8.24. The van der Waals surface area contributed by atoms with Gasteiger partial charge < -0.3 is 19.6 Å². The normalized spacial score (nSPS) is 11.6. The summed E-state index contributed by atoms with van der Waals surface area (Å²) in [5.41, 5.74) is 4.19. The smallest absolute Gasteiger partial charge is 0.200 e. The largest absolute Gasteiger partial charge is 0.494 e. The van der Waals surface area contributed by atoms with Crippen molar-refractivity contribution in [2.24, 2.45) is 4.99 Å². The Morgan fingerprint density at radius 3 is 2.81 bits per heavy atom. The maximum Gasteiger partial charge on any atom is 0.200 e. The topological polar surface area (TPSA) is 94.6 Å². The molecule has 3 heterocycles. The third-order valence-corrected chi connectivity index (χ3v) is 4.14. The molecular weight excluding hydrogens is 330 g/mol. The second kappa shape index (κ2) is 6.85. The minimum atomic E-state index is 0.00693. The van der Waals surface area contributed by atoms with E-state index in [1.165, 1.54) is 0 Å². The molecule has 0 radical (unpaired) electrons. The molecule has 6 heteroatoms. The summed E-state index contributed by atoms with van der Waals surface area (Å²) in [5, 5.41) is 19.4. The van der Waals surface area contributed by atoms with E-state index >= 15 is 0 Å². The third kappa shape index (κ3) is 2.98. The van der Waals surface area contributed by atoms with Crippen molar-refractivity contribution in [3.8, 4) is 17.3 Å². The first-order chi connectivity index (χ1) is 12.8. The van der Waals surface area contributed by atoms with Crippen molar-refractivity contribution in [3.63, 3.8) is 0 Å². The monoisotopic (exact) mass is 347 g/mol. The van der Waals surface area contributed by atoms with Crippen LogP contribution in [0, 0.1) is 0 Å². The minimum Gasteiger partial charge on any atom is -0.494 e. The summed E-state index contributed by atoms with van der Waals surface area (Å²) in [5.74, 6) is 0.663. The average molecular weight is 347 g/mol. The third-order valence-electron chi connectivity index (χ3n) is 4.14. The number of para-hydroxylation sites is 1. The van der Waals surface area contributed by atoms with Crippen LogP contribution >= 0.6 is 0 Å². The van der Waals surface area contributed by atoms with E-state index in [0.717, 1.165) is 11.3 Å². The molecule has 0 atom stereocenters. The number of aliphatic imine (C=N–C) groups is 1. The van der Waals surface area contributed by atoms with Gasteiger partial charge in [-0.2, -0.15) is 0 Å². The molecule has 0 unspecified atom stereocenters. The van der Waals surface area contributed by atoms with Gasteiger partial charge >= 0.3 is 0 Å². The average Bonchev–Trinajstić information content (AvgIpc) is 3.28. The molecule has 1 aromatic carbocycles. The number of pyridine rings is 1. The number of aliphatic hydroxyl groups excluding tert-OH is 1. The fourth-order valence-electron chi connectivity index (χ4n) is 2.86. The SMILES string of the molecule is OCCc1ccccc1N=Cc1c(O)[nH]c2ccc(-c3ccco3)nc12. The number of aromatic amines is 1. The lowest BCUT2D eigenvalue weighted by Crippen LogP contribution is -1.91. The first-order valence-electron chi connectivity index (χ1n) is 8.24. The van der Waals surface area contributed by atoms with Crippen LogP contribution in [0.4, 0.5) is 5.69 Å². The molecule has 0 aliphatic heterocycles. The Morgan fingerprint density at radius 1 is 1.12 bits per heavy atom. The molecule has 0 fully saturated rings. The maximum absolute atomic E-state index is 10.3. The number of aromatic nitrogens is 2. The second-order valence-electron chi connectivity index (χ2n) is 5.82. The van der Waals surface area contributed by atoms with E-state index in [2.05, 4.69) is 15.0 Å². The highest BCUT2D eigenvalue weighted by Crippen LogP contribution is 2.28. The van der Waals surface area contributed by atoms with Crippen molar-refractivity contribution >= 4 is 22.9 Å². The van der Waals surface area contributed by atoms with Crippen LogP contribution in [0.25, 0.3) is 22.5 Å². The van der Waals surface area contributed by atoms with Gasteiger partial charge in [-0.25, -0.2) is 4.98 Å². The van der Waals surface area contributed by atoms with Crippen LogP contribution in [0.3, 0.4) is 0 Å². The predicted octanol–water partition coefficient (Wildman–Crippen LogP) is 3.81. The van der Waals surface area contributed by atoms with E-state index in [-0.39, 0.29) is 12.5 Å². The van der Waals surface area contributed by atoms with Crippen molar-refractivity contribution in [2.45, 2.75) is 6.42 Å². The highest BCUT2D eigenvalue weighted by atomic mass is 16.3. The van der Waals surface area contributed by atoms with Gasteiger partial charge in [0.05, 0.1) is 23.0 Å². The van der Waals surface area contributed by atoms with Gasteiger partial charge in [-0.05, 0) is 42.3 Å². The van der Waals surface area contributed by atoms with Gasteiger partial charge in [-0.15, -0.1) is 0 Å². The number of aromatic hydroxyl groups is 1. The molecule has 4 aromatic rings. The molecular formula is C20H17N3O3. The zero-order valence-electron chi connectivity index (χ0n) is 13.9. The van der Waals surface area contributed by atoms with Crippen LogP contribution in [-0.2, 0) is 6.42 Å². The van der Waals surface area contributed by atoms with Gasteiger partial charge in [0, 0.05) is 12.8 Å². The Hall–Kier alpha value is -3.38. The Balaban J connectivity index is 1.76. The zero-order chi connectivity index (χ0) is 17.9. The molecule has 0 saturated carbocycles. The van der Waals surface area contributed by atoms with Crippen LogP contribution < -0.4 is 0 Å². The molecule has 0 saturated heterocycles. The number of hydrogen-bond acceptors (Lipinski definition) is 5. The number of H-pyrrole nitrogens is 1. The quantitative estimate of drug-likeness (QED) is 0.478. The lowest BCUT2D eigenvalue weighted by Gasteiger charge is -2.02. The highest BCUT2D eigenvalue weighted by molar-refractivity contribution is 6.01. The summed E-state index contributed by atoms with van der Waals surface area (Å²) in [6, 6.07) is 14.9. The Labute approximate surface area is 149 Å². The fraction of sp³-hybridized carbons (Fsp3) is 0.100. The Bertz CT molecular complexity index is 1070. The summed E-state index contributed by atoms with van der Waals surface area (Å²) in [6.45, 7) is 0.0545. The molecule has 0 bridgehead atoms. The van der Waals surface area contributed by atoms with E-state index in [1.54, 1.807) is 18.5 Å². The number of furan rings is 1. The van der Waals surface area contributed by atoms with Crippen LogP contribution in [0.2, 0.25) is 0 Å².